The van der Waals surface area contributed by atoms with E-state index in [1.807, 2.05) is 0 Å². The minimum Gasteiger partial charge on any atom is -0.374 e. The number of aliphatic hydroxyl groups excluding tert-OH is 1. The summed E-state index contributed by atoms with van der Waals surface area (Å²) in [5, 5.41) is 34.9. The number of carbonyl (C=O) groups excluding carboxylic acids is 1. The molecule has 0 aromatic carbocycles. The molecule has 3 unspecified atom stereocenters. The summed E-state index contributed by atoms with van der Waals surface area (Å²) in [6.07, 6.45) is 8.27. The standard InChI is InChI=1S/C18H22N8O2S2/c1-10(27)21-17-25-23-15(29-17)6-11-2-3-13(4-11)16-24-26-18(30-16)22-14(28)5-12-7-19-9-20-8-12/h7-11,13,27H,2-6H2,1H3,(H,21,25)(H,22,26,28). The van der Waals surface area contributed by atoms with Crippen LogP contribution in [0.25, 0.3) is 0 Å². The molecule has 0 spiro atoms. The second-order valence-electron chi connectivity index (χ2n) is 7.32. The SMILES string of the molecule is CC(O)Nc1nnc(CC2CCC(c3nnc(NC(=O)Cc4cncnc4)s3)C2)s1. The van der Waals surface area contributed by atoms with E-state index in [2.05, 4.69) is 41.0 Å². The Balaban J connectivity index is 1.28. The lowest BCUT2D eigenvalue weighted by atomic mass is 10.0. The van der Waals surface area contributed by atoms with Crippen LogP contribution in [0.2, 0.25) is 0 Å². The molecule has 12 heteroatoms. The lowest BCUT2D eigenvalue weighted by molar-refractivity contribution is -0.115. The fraction of sp³-hybridized carbons (Fsp3) is 0.500. The summed E-state index contributed by atoms with van der Waals surface area (Å²) in [5.74, 6) is 0.709. The van der Waals surface area contributed by atoms with Crippen molar-refractivity contribution in [2.75, 3.05) is 10.6 Å². The number of anilines is 2. The predicted octanol–water partition coefficient (Wildman–Crippen LogP) is 2.24. The summed E-state index contributed by atoms with van der Waals surface area (Å²) in [7, 11) is 0. The summed E-state index contributed by atoms with van der Waals surface area (Å²) in [5.41, 5.74) is 0.752. The number of amides is 1. The molecule has 0 aliphatic heterocycles. The van der Waals surface area contributed by atoms with Gasteiger partial charge in [0.15, 0.2) is 0 Å². The number of aromatic nitrogens is 6. The van der Waals surface area contributed by atoms with Crippen molar-refractivity contribution in [2.45, 2.75) is 51.2 Å². The van der Waals surface area contributed by atoms with Gasteiger partial charge >= 0.3 is 0 Å². The van der Waals surface area contributed by atoms with Crippen molar-refractivity contribution in [1.29, 1.82) is 0 Å². The number of nitrogens with zero attached hydrogens (tertiary/aromatic N) is 6. The van der Waals surface area contributed by atoms with Crippen LogP contribution in [0.15, 0.2) is 18.7 Å². The third-order valence-electron chi connectivity index (χ3n) is 4.82. The molecule has 3 aromatic heterocycles. The molecular weight excluding hydrogens is 424 g/mol. The largest absolute Gasteiger partial charge is 0.374 e. The molecule has 0 bridgehead atoms. The Hall–Kier alpha value is -2.57. The third kappa shape index (κ3) is 5.52. The van der Waals surface area contributed by atoms with Crippen molar-refractivity contribution in [3.8, 4) is 0 Å². The zero-order valence-corrected chi connectivity index (χ0v) is 18.0. The fourth-order valence-electron chi connectivity index (χ4n) is 3.52. The van der Waals surface area contributed by atoms with Gasteiger partial charge in [0.1, 0.15) is 22.6 Å². The van der Waals surface area contributed by atoms with E-state index in [9.17, 15) is 9.90 Å². The van der Waals surface area contributed by atoms with Crippen LogP contribution >= 0.6 is 22.7 Å². The Morgan fingerprint density at radius 1 is 1.17 bits per heavy atom. The van der Waals surface area contributed by atoms with Gasteiger partial charge in [-0.15, -0.1) is 20.4 Å². The summed E-state index contributed by atoms with van der Waals surface area (Å²) in [4.78, 5) is 20.0. The first kappa shape index (κ1) is 20.7. The van der Waals surface area contributed by atoms with E-state index in [-0.39, 0.29) is 12.3 Å². The van der Waals surface area contributed by atoms with Gasteiger partial charge in [0, 0.05) is 24.7 Å². The molecule has 10 nitrogen and oxygen atoms in total. The highest BCUT2D eigenvalue weighted by Crippen LogP contribution is 2.41. The van der Waals surface area contributed by atoms with Crippen LogP contribution in [-0.4, -0.2) is 47.6 Å². The summed E-state index contributed by atoms with van der Waals surface area (Å²) < 4.78 is 0. The van der Waals surface area contributed by atoms with Crippen LogP contribution < -0.4 is 10.6 Å². The molecule has 0 radical (unpaired) electrons. The molecule has 1 amide bonds. The Morgan fingerprint density at radius 3 is 2.77 bits per heavy atom. The lowest BCUT2D eigenvalue weighted by Crippen LogP contribution is -2.14. The lowest BCUT2D eigenvalue weighted by Gasteiger charge is -2.07. The number of hydrogen-bond donors (Lipinski definition) is 3. The highest BCUT2D eigenvalue weighted by molar-refractivity contribution is 7.15. The first-order valence-electron chi connectivity index (χ1n) is 9.69. The van der Waals surface area contributed by atoms with E-state index < -0.39 is 6.23 Å². The third-order valence-corrected chi connectivity index (χ3v) is 6.70. The number of aliphatic hydroxyl groups is 1. The van der Waals surface area contributed by atoms with Crippen molar-refractivity contribution in [2.24, 2.45) is 5.92 Å². The molecule has 3 heterocycles. The Labute approximate surface area is 181 Å². The molecule has 30 heavy (non-hydrogen) atoms. The van der Waals surface area contributed by atoms with Gasteiger partial charge < -0.3 is 15.7 Å². The Morgan fingerprint density at radius 2 is 1.97 bits per heavy atom. The first-order chi connectivity index (χ1) is 14.5. The minimum absolute atomic E-state index is 0.158. The minimum atomic E-state index is -0.644. The smallest absolute Gasteiger partial charge is 0.230 e. The average molecular weight is 447 g/mol. The van der Waals surface area contributed by atoms with Crippen molar-refractivity contribution in [1.82, 2.24) is 30.4 Å². The van der Waals surface area contributed by atoms with E-state index in [1.54, 1.807) is 19.3 Å². The van der Waals surface area contributed by atoms with Gasteiger partial charge in [-0.1, -0.05) is 22.7 Å². The molecule has 1 aliphatic carbocycles. The molecule has 0 saturated heterocycles. The van der Waals surface area contributed by atoms with Crippen molar-refractivity contribution >= 4 is 38.8 Å². The predicted molar refractivity (Wildman–Crippen MR) is 113 cm³/mol. The average Bonchev–Trinajstić information content (AvgIpc) is 3.44. The van der Waals surface area contributed by atoms with Crippen molar-refractivity contribution in [3.63, 3.8) is 0 Å². The van der Waals surface area contributed by atoms with Gasteiger partial charge in [-0.05, 0) is 37.7 Å². The Bertz CT molecular complexity index is 977. The quantitative estimate of drug-likeness (QED) is 0.444. The Kier molecular flexibility index (Phi) is 6.55. The van der Waals surface area contributed by atoms with Gasteiger partial charge in [0.25, 0.3) is 0 Å². The molecule has 1 fully saturated rings. The van der Waals surface area contributed by atoms with Crippen LogP contribution in [0.3, 0.4) is 0 Å². The van der Waals surface area contributed by atoms with Gasteiger partial charge in [0.2, 0.25) is 16.2 Å². The second-order valence-corrected chi connectivity index (χ2v) is 9.39. The van der Waals surface area contributed by atoms with Crippen molar-refractivity contribution in [3.05, 3.63) is 34.3 Å². The number of rotatable bonds is 8. The molecule has 1 aliphatic rings. The zero-order valence-electron chi connectivity index (χ0n) is 16.4. The van der Waals surface area contributed by atoms with E-state index in [1.165, 1.54) is 29.0 Å². The maximum absolute atomic E-state index is 12.2. The molecule has 4 rings (SSSR count). The molecule has 3 atom stereocenters. The van der Waals surface area contributed by atoms with Crippen LogP contribution in [0, 0.1) is 5.92 Å². The van der Waals surface area contributed by atoms with Gasteiger partial charge in [-0.25, -0.2) is 9.97 Å². The maximum Gasteiger partial charge on any atom is 0.230 e. The van der Waals surface area contributed by atoms with Crippen LogP contribution in [0.4, 0.5) is 10.3 Å². The number of hydrogen-bond acceptors (Lipinski definition) is 11. The van der Waals surface area contributed by atoms with Crippen LogP contribution in [-0.2, 0) is 17.6 Å². The summed E-state index contributed by atoms with van der Waals surface area (Å²) in [6.45, 7) is 1.65. The van der Waals surface area contributed by atoms with Gasteiger partial charge in [0.05, 0.1) is 6.42 Å². The summed E-state index contributed by atoms with van der Waals surface area (Å²) >= 11 is 2.92. The molecule has 1 saturated carbocycles. The normalized spacial score (nSPS) is 19.5. The fourth-order valence-corrected chi connectivity index (χ4v) is 5.37. The van der Waals surface area contributed by atoms with Crippen LogP contribution in [0.5, 0.6) is 0 Å². The first-order valence-corrected chi connectivity index (χ1v) is 11.3. The van der Waals surface area contributed by atoms with E-state index in [0.29, 0.717) is 22.1 Å². The monoisotopic (exact) mass is 446 g/mol. The topological polar surface area (TPSA) is 139 Å². The molecule has 158 valence electrons. The molecule has 3 aromatic rings. The zero-order chi connectivity index (χ0) is 20.9. The highest BCUT2D eigenvalue weighted by atomic mass is 32.1. The molecule has 3 N–H and O–H groups in total. The number of nitrogens with one attached hydrogen (secondary N) is 2. The van der Waals surface area contributed by atoms with E-state index in [4.69, 9.17) is 0 Å². The van der Waals surface area contributed by atoms with E-state index >= 15 is 0 Å². The molecular formula is C18H22N8O2S2. The van der Waals surface area contributed by atoms with Crippen LogP contribution in [0.1, 0.15) is 47.7 Å². The summed E-state index contributed by atoms with van der Waals surface area (Å²) in [6, 6.07) is 0. The number of carbonyl (C=O) groups is 1. The van der Waals surface area contributed by atoms with E-state index in [0.717, 1.165) is 41.3 Å². The highest BCUT2D eigenvalue weighted by Gasteiger charge is 2.29. The van der Waals surface area contributed by atoms with Crippen molar-refractivity contribution < 1.29 is 9.90 Å². The maximum atomic E-state index is 12.2. The second kappa shape index (κ2) is 9.49. The van der Waals surface area contributed by atoms with Gasteiger partial charge in [-0.2, -0.15) is 0 Å². The van der Waals surface area contributed by atoms with Gasteiger partial charge in [-0.3, -0.25) is 4.79 Å².